The molecular weight excluding hydrogens is 420 g/mol. The molecule has 0 atom stereocenters. The lowest BCUT2D eigenvalue weighted by atomic mass is 10.2. The van der Waals surface area contributed by atoms with Crippen molar-refractivity contribution < 1.29 is 4.79 Å². The zero-order chi connectivity index (χ0) is 22.8. The van der Waals surface area contributed by atoms with E-state index >= 15 is 0 Å². The number of nitrogens with zero attached hydrogens (tertiary/aromatic N) is 4. The highest BCUT2D eigenvalue weighted by Gasteiger charge is 2.12. The van der Waals surface area contributed by atoms with Crippen LogP contribution in [0.4, 0.5) is 5.82 Å². The van der Waals surface area contributed by atoms with Gasteiger partial charge in [0.2, 0.25) is 5.91 Å². The number of hydrogen-bond donors (Lipinski definition) is 4. The monoisotopic (exact) mass is 442 g/mol. The Bertz CT molecular complexity index is 1480. The molecule has 0 radical (unpaired) electrons. The minimum absolute atomic E-state index is 0.112. The Morgan fingerprint density at radius 3 is 2.85 bits per heavy atom. The number of aromatic nitrogens is 6. The summed E-state index contributed by atoms with van der Waals surface area (Å²) in [7, 11) is 0. The van der Waals surface area contributed by atoms with Crippen molar-refractivity contribution in [2.24, 2.45) is 0 Å². The molecule has 0 saturated heterocycles. The van der Waals surface area contributed by atoms with Crippen molar-refractivity contribution in [3.63, 3.8) is 0 Å². The van der Waals surface area contributed by atoms with Gasteiger partial charge in [0.25, 0.3) is 5.56 Å². The van der Waals surface area contributed by atoms with Gasteiger partial charge in [-0.25, -0.2) is 9.97 Å². The lowest BCUT2D eigenvalue weighted by molar-refractivity contribution is -0.121. The van der Waals surface area contributed by atoms with Crippen LogP contribution in [0.2, 0.25) is 0 Å². The number of hydrogen-bond acceptors (Lipinski definition) is 6. The number of H-pyrrole nitrogens is 2. The zero-order valence-corrected chi connectivity index (χ0v) is 17.9. The second-order valence-corrected chi connectivity index (χ2v) is 7.71. The molecule has 166 valence electrons. The lowest BCUT2D eigenvalue weighted by Crippen LogP contribution is -2.34. The lowest BCUT2D eigenvalue weighted by Gasteiger charge is -2.12. The van der Waals surface area contributed by atoms with Gasteiger partial charge < -0.3 is 20.6 Å². The fraction of sp³-hybridized carbons (Fsp3) is 0.174. The molecule has 0 saturated carbocycles. The summed E-state index contributed by atoms with van der Waals surface area (Å²) in [6.45, 7) is 2.21. The van der Waals surface area contributed by atoms with Crippen LogP contribution in [0.15, 0.2) is 59.8 Å². The number of pyridine rings is 1. The molecule has 0 unspecified atom stereocenters. The normalized spacial score (nSPS) is 11.2. The van der Waals surface area contributed by atoms with Crippen LogP contribution >= 0.6 is 0 Å². The van der Waals surface area contributed by atoms with Crippen LogP contribution < -0.4 is 16.2 Å². The Morgan fingerprint density at radius 2 is 1.97 bits per heavy atom. The predicted octanol–water partition coefficient (Wildman–Crippen LogP) is 2.23. The van der Waals surface area contributed by atoms with Crippen molar-refractivity contribution in [2.75, 3.05) is 5.32 Å². The number of aromatic amines is 2. The van der Waals surface area contributed by atoms with Crippen LogP contribution in [-0.2, 0) is 24.4 Å². The molecule has 1 amide bonds. The molecule has 4 aromatic heterocycles. The molecule has 4 N–H and O–H groups in total. The first kappa shape index (κ1) is 20.4. The zero-order valence-electron chi connectivity index (χ0n) is 17.9. The van der Waals surface area contributed by atoms with Crippen LogP contribution in [0, 0.1) is 6.92 Å². The number of carbonyl (C=O) groups is 1. The quantitative estimate of drug-likeness (QED) is 0.305. The van der Waals surface area contributed by atoms with Crippen LogP contribution in [0.5, 0.6) is 0 Å². The van der Waals surface area contributed by atoms with E-state index in [2.05, 4.69) is 35.6 Å². The number of aryl methyl sites for hydroxylation is 1. The SMILES string of the molecule is Cc1cnc(NCc2nc3ccccc3[nH]2)c(=O)n1CC(=O)NCc1cc2cc[nH]c2cn1. The highest BCUT2D eigenvalue weighted by Crippen LogP contribution is 2.12. The minimum atomic E-state index is -0.367. The van der Waals surface area contributed by atoms with Crippen molar-refractivity contribution in [3.8, 4) is 0 Å². The van der Waals surface area contributed by atoms with E-state index in [1.807, 2.05) is 42.6 Å². The second kappa shape index (κ2) is 8.58. The molecule has 10 heteroatoms. The molecule has 0 fully saturated rings. The van der Waals surface area contributed by atoms with Gasteiger partial charge in [0.1, 0.15) is 12.4 Å². The third-order valence-corrected chi connectivity index (χ3v) is 5.38. The van der Waals surface area contributed by atoms with E-state index in [4.69, 9.17) is 0 Å². The van der Waals surface area contributed by atoms with Gasteiger partial charge >= 0.3 is 0 Å². The molecule has 0 spiro atoms. The number of imidazole rings is 1. The third-order valence-electron chi connectivity index (χ3n) is 5.38. The van der Waals surface area contributed by atoms with E-state index in [0.29, 0.717) is 18.1 Å². The third kappa shape index (κ3) is 4.31. The summed E-state index contributed by atoms with van der Waals surface area (Å²) >= 11 is 0. The van der Waals surface area contributed by atoms with Crippen LogP contribution in [-0.4, -0.2) is 35.4 Å². The Balaban J connectivity index is 1.25. The molecule has 0 aliphatic rings. The van der Waals surface area contributed by atoms with Gasteiger partial charge in [-0.1, -0.05) is 12.1 Å². The van der Waals surface area contributed by atoms with E-state index < -0.39 is 0 Å². The van der Waals surface area contributed by atoms with Crippen molar-refractivity contribution in [1.82, 2.24) is 34.8 Å². The van der Waals surface area contributed by atoms with Gasteiger partial charge in [-0.05, 0) is 31.2 Å². The number of rotatable bonds is 7. The minimum Gasteiger partial charge on any atom is -0.360 e. The number of anilines is 1. The van der Waals surface area contributed by atoms with Gasteiger partial charge in [0, 0.05) is 23.5 Å². The largest absolute Gasteiger partial charge is 0.360 e. The van der Waals surface area contributed by atoms with Gasteiger partial charge in [-0.2, -0.15) is 0 Å². The van der Waals surface area contributed by atoms with Crippen LogP contribution in [0.3, 0.4) is 0 Å². The molecule has 0 aliphatic heterocycles. The number of fused-ring (bicyclic) bond motifs is 2. The number of amides is 1. The van der Waals surface area contributed by atoms with Gasteiger partial charge in [-0.3, -0.25) is 19.1 Å². The topological polar surface area (TPSA) is 133 Å². The van der Waals surface area contributed by atoms with E-state index in [0.717, 1.165) is 27.6 Å². The average Bonchev–Trinajstić information content (AvgIpc) is 3.46. The van der Waals surface area contributed by atoms with E-state index in [1.54, 1.807) is 19.3 Å². The smallest absolute Gasteiger partial charge is 0.293 e. The number of nitrogens with one attached hydrogen (secondary N) is 4. The first-order valence-corrected chi connectivity index (χ1v) is 10.5. The maximum absolute atomic E-state index is 12.9. The summed E-state index contributed by atoms with van der Waals surface area (Å²) in [5.74, 6) is 0.563. The Kier molecular flexibility index (Phi) is 5.31. The standard InChI is InChI=1S/C23H22N8O2/c1-14-9-27-22(28-12-20-29-17-4-2-3-5-18(17)30-20)23(33)31(14)13-21(32)26-10-16-8-15-6-7-24-19(15)11-25-16/h2-9,11,24H,10,12-13H2,1H3,(H,26,32)(H,27,28)(H,29,30). The summed E-state index contributed by atoms with van der Waals surface area (Å²) in [6, 6.07) is 11.6. The molecule has 1 aromatic carbocycles. The highest BCUT2D eigenvalue weighted by atomic mass is 16.2. The number of para-hydroxylation sites is 2. The first-order valence-electron chi connectivity index (χ1n) is 10.5. The van der Waals surface area contributed by atoms with E-state index in [9.17, 15) is 9.59 Å². The average molecular weight is 442 g/mol. The van der Waals surface area contributed by atoms with Gasteiger partial charge in [0.05, 0.1) is 41.5 Å². The summed E-state index contributed by atoms with van der Waals surface area (Å²) in [4.78, 5) is 44.8. The maximum atomic E-state index is 12.9. The maximum Gasteiger partial charge on any atom is 0.293 e. The van der Waals surface area contributed by atoms with E-state index in [1.165, 1.54) is 4.57 Å². The Labute approximate surface area is 188 Å². The molecule has 10 nitrogen and oxygen atoms in total. The molecular formula is C23H22N8O2. The first-order chi connectivity index (χ1) is 16.1. The van der Waals surface area contributed by atoms with Crippen molar-refractivity contribution in [3.05, 3.63) is 82.6 Å². The molecule has 0 bridgehead atoms. The number of benzene rings is 1. The fourth-order valence-electron chi connectivity index (χ4n) is 3.63. The van der Waals surface area contributed by atoms with Crippen molar-refractivity contribution in [2.45, 2.75) is 26.6 Å². The summed E-state index contributed by atoms with van der Waals surface area (Å²) in [6.07, 6.45) is 5.14. The van der Waals surface area contributed by atoms with Gasteiger partial charge in [-0.15, -0.1) is 0 Å². The van der Waals surface area contributed by atoms with Crippen LogP contribution in [0.25, 0.3) is 21.9 Å². The van der Waals surface area contributed by atoms with Crippen molar-refractivity contribution >= 4 is 33.7 Å². The molecule has 4 heterocycles. The van der Waals surface area contributed by atoms with E-state index in [-0.39, 0.29) is 30.4 Å². The second-order valence-electron chi connectivity index (χ2n) is 7.71. The molecule has 0 aliphatic carbocycles. The molecule has 33 heavy (non-hydrogen) atoms. The predicted molar refractivity (Wildman–Crippen MR) is 125 cm³/mol. The highest BCUT2D eigenvalue weighted by molar-refractivity contribution is 5.79. The summed E-state index contributed by atoms with van der Waals surface area (Å²) in [5.41, 5.74) is 3.68. The fourth-order valence-corrected chi connectivity index (χ4v) is 3.63. The molecule has 5 rings (SSSR count). The van der Waals surface area contributed by atoms with Gasteiger partial charge in [0.15, 0.2) is 5.82 Å². The molecule has 5 aromatic rings. The summed E-state index contributed by atoms with van der Waals surface area (Å²) < 4.78 is 1.39. The summed E-state index contributed by atoms with van der Waals surface area (Å²) in [5, 5.41) is 6.87. The number of carbonyl (C=O) groups excluding carboxylic acids is 1. The van der Waals surface area contributed by atoms with Crippen LogP contribution in [0.1, 0.15) is 17.2 Å². The van der Waals surface area contributed by atoms with Crippen molar-refractivity contribution in [1.29, 1.82) is 0 Å². The Morgan fingerprint density at radius 1 is 1.09 bits per heavy atom. The Hall–Kier alpha value is -4.47.